The Balaban J connectivity index is 1.58. The largest absolute Gasteiger partial charge is 0.493 e. The Morgan fingerprint density at radius 1 is 0.914 bits per heavy atom. The van der Waals surface area contributed by atoms with Crippen molar-refractivity contribution in [2.75, 3.05) is 25.5 Å². The fraction of sp³-hybridized carbons (Fsp3) is 0.269. The van der Waals surface area contributed by atoms with Crippen molar-refractivity contribution in [1.29, 1.82) is 0 Å². The number of methoxy groups -OCH3 is 2. The maximum absolute atomic E-state index is 12.8. The number of aryl methyl sites for hydroxylation is 2. The van der Waals surface area contributed by atoms with Crippen molar-refractivity contribution in [3.05, 3.63) is 77.4 Å². The van der Waals surface area contributed by atoms with Crippen molar-refractivity contribution in [2.45, 2.75) is 31.7 Å². The third kappa shape index (κ3) is 6.66. The summed E-state index contributed by atoms with van der Waals surface area (Å²) in [5.41, 5.74) is 3.16. The molecular formula is C26H30N2O6S. The second-order valence-corrected chi connectivity index (χ2v) is 9.77. The predicted octanol–water partition coefficient (Wildman–Crippen LogP) is 4.38. The van der Waals surface area contributed by atoms with E-state index in [9.17, 15) is 13.2 Å². The molecule has 2 N–H and O–H groups in total. The molecule has 0 aliphatic heterocycles. The Morgan fingerprint density at radius 3 is 2.26 bits per heavy atom. The number of hydrogen-bond acceptors (Lipinski definition) is 6. The maximum Gasteiger partial charge on any atom is 0.261 e. The SMILES string of the molecule is COc1ccc(C(C)NC(=O)COc2ccc(S(=O)(=O)Nc3cc(C)ccc3C)cc2)cc1OC. The number of carbonyl (C=O) groups excluding carboxylic acids is 1. The standard InChI is InChI=1S/C26H30N2O6S/c1-17-6-7-18(2)23(14-17)28-35(30,31)22-11-9-21(10-12-22)34-16-26(29)27-19(3)20-8-13-24(32-4)25(15-20)33-5/h6-15,19,28H,16H2,1-5H3,(H,27,29). The van der Waals surface area contributed by atoms with Gasteiger partial charge in [0.1, 0.15) is 5.75 Å². The minimum atomic E-state index is -3.76. The van der Waals surface area contributed by atoms with Crippen LogP contribution < -0.4 is 24.2 Å². The third-order valence-electron chi connectivity index (χ3n) is 5.43. The molecule has 0 aromatic heterocycles. The quantitative estimate of drug-likeness (QED) is 0.430. The topological polar surface area (TPSA) is 103 Å². The van der Waals surface area contributed by atoms with E-state index in [1.807, 2.05) is 39.0 Å². The molecule has 0 saturated heterocycles. The van der Waals surface area contributed by atoms with E-state index in [1.54, 1.807) is 32.4 Å². The van der Waals surface area contributed by atoms with E-state index < -0.39 is 10.0 Å². The van der Waals surface area contributed by atoms with Gasteiger partial charge in [0.25, 0.3) is 15.9 Å². The third-order valence-corrected chi connectivity index (χ3v) is 6.81. The molecule has 3 aromatic carbocycles. The molecule has 1 atom stereocenters. The van der Waals surface area contributed by atoms with Crippen LogP contribution in [-0.2, 0) is 14.8 Å². The van der Waals surface area contributed by atoms with Crippen LogP contribution in [0.5, 0.6) is 17.2 Å². The fourth-order valence-electron chi connectivity index (χ4n) is 3.40. The molecule has 0 fully saturated rings. The molecule has 0 heterocycles. The second-order valence-electron chi connectivity index (χ2n) is 8.09. The summed E-state index contributed by atoms with van der Waals surface area (Å²) in [6.45, 7) is 5.37. The van der Waals surface area contributed by atoms with Crippen LogP contribution in [0, 0.1) is 13.8 Å². The van der Waals surface area contributed by atoms with Gasteiger partial charge < -0.3 is 19.5 Å². The fourth-order valence-corrected chi connectivity index (χ4v) is 4.52. The molecule has 0 aliphatic rings. The van der Waals surface area contributed by atoms with Crippen molar-refractivity contribution < 1.29 is 27.4 Å². The molecule has 0 spiro atoms. The number of amides is 1. The van der Waals surface area contributed by atoms with Crippen molar-refractivity contribution in [1.82, 2.24) is 5.32 Å². The van der Waals surface area contributed by atoms with Crippen molar-refractivity contribution in [3.8, 4) is 17.2 Å². The molecule has 3 aromatic rings. The summed E-state index contributed by atoms with van der Waals surface area (Å²) >= 11 is 0. The van der Waals surface area contributed by atoms with Crippen LogP contribution in [0.15, 0.2) is 65.6 Å². The molecule has 35 heavy (non-hydrogen) atoms. The highest BCUT2D eigenvalue weighted by molar-refractivity contribution is 7.92. The first kappa shape index (κ1) is 25.9. The Labute approximate surface area is 206 Å². The zero-order chi connectivity index (χ0) is 25.6. The Bertz CT molecular complexity index is 1290. The molecule has 0 aliphatic carbocycles. The average molecular weight is 499 g/mol. The summed E-state index contributed by atoms with van der Waals surface area (Å²) in [4.78, 5) is 12.5. The van der Waals surface area contributed by atoms with Gasteiger partial charge in [-0.05, 0) is 79.9 Å². The predicted molar refractivity (Wildman–Crippen MR) is 135 cm³/mol. The van der Waals surface area contributed by atoms with E-state index in [-0.39, 0.29) is 23.5 Å². The van der Waals surface area contributed by atoms with Crippen LogP contribution in [0.2, 0.25) is 0 Å². The van der Waals surface area contributed by atoms with E-state index in [0.29, 0.717) is 22.9 Å². The first-order valence-corrected chi connectivity index (χ1v) is 12.5. The van der Waals surface area contributed by atoms with Gasteiger partial charge in [0.05, 0.1) is 30.8 Å². The minimum absolute atomic E-state index is 0.0947. The highest BCUT2D eigenvalue weighted by Crippen LogP contribution is 2.30. The smallest absolute Gasteiger partial charge is 0.261 e. The Kier molecular flexibility index (Phi) is 8.24. The molecule has 0 radical (unpaired) electrons. The molecule has 0 bridgehead atoms. The summed E-state index contributed by atoms with van der Waals surface area (Å²) in [5.74, 6) is 1.24. The number of sulfonamides is 1. The lowest BCUT2D eigenvalue weighted by molar-refractivity contribution is -0.123. The first-order chi connectivity index (χ1) is 16.6. The molecule has 0 saturated carbocycles. The van der Waals surface area contributed by atoms with Gasteiger partial charge in [0.15, 0.2) is 18.1 Å². The van der Waals surface area contributed by atoms with E-state index in [4.69, 9.17) is 14.2 Å². The van der Waals surface area contributed by atoms with Crippen LogP contribution in [0.1, 0.15) is 29.7 Å². The zero-order valence-electron chi connectivity index (χ0n) is 20.4. The number of benzene rings is 3. The lowest BCUT2D eigenvalue weighted by Crippen LogP contribution is -2.31. The van der Waals surface area contributed by atoms with Gasteiger partial charge in [0, 0.05) is 0 Å². The number of anilines is 1. The highest BCUT2D eigenvalue weighted by Gasteiger charge is 2.16. The minimum Gasteiger partial charge on any atom is -0.493 e. The first-order valence-electron chi connectivity index (χ1n) is 11.0. The number of nitrogens with one attached hydrogen (secondary N) is 2. The van der Waals surface area contributed by atoms with E-state index in [1.165, 1.54) is 24.3 Å². The Morgan fingerprint density at radius 2 is 1.60 bits per heavy atom. The van der Waals surface area contributed by atoms with Crippen LogP contribution in [0.3, 0.4) is 0 Å². The van der Waals surface area contributed by atoms with E-state index in [2.05, 4.69) is 10.0 Å². The van der Waals surface area contributed by atoms with Gasteiger partial charge in [-0.3, -0.25) is 9.52 Å². The van der Waals surface area contributed by atoms with E-state index >= 15 is 0 Å². The van der Waals surface area contributed by atoms with Gasteiger partial charge in [-0.25, -0.2) is 8.42 Å². The van der Waals surface area contributed by atoms with Crippen molar-refractivity contribution >= 4 is 21.6 Å². The molecule has 1 unspecified atom stereocenters. The molecule has 1 amide bonds. The number of carbonyl (C=O) groups is 1. The number of rotatable bonds is 10. The second kappa shape index (κ2) is 11.1. The highest BCUT2D eigenvalue weighted by atomic mass is 32.2. The Hall–Kier alpha value is -3.72. The van der Waals surface area contributed by atoms with Crippen LogP contribution in [0.4, 0.5) is 5.69 Å². The summed E-state index contributed by atoms with van der Waals surface area (Å²) in [6, 6.07) is 16.6. The molecular weight excluding hydrogens is 468 g/mol. The summed E-state index contributed by atoms with van der Waals surface area (Å²) in [5, 5.41) is 2.86. The summed E-state index contributed by atoms with van der Waals surface area (Å²) < 4.78 is 44.2. The maximum atomic E-state index is 12.8. The molecule has 186 valence electrons. The van der Waals surface area contributed by atoms with Crippen LogP contribution in [-0.4, -0.2) is 35.2 Å². The molecule has 9 heteroatoms. The normalized spacial score (nSPS) is 11.9. The van der Waals surface area contributed by atoms with Crippen LogP contribution in [0.25, 0.3) is 0 Å². The van der Waals surface area contributed by atoms with Gasteiger partial charge in [-0.15, -0.1) is 0 Å². The molecule has 8 nitrogen and oxygen atoms in total. The van der Waals surface area contributed by atoms with Gasteiger partial charge >= 0.3 is 0 Å². The summed E-state index contributed by atoms with van der Waals surface area (Å²) in [6.07, 6.45) is 0. The lowest BCUT2D eigenvalue weighted by Gasteiger charge is -2.17. The number of ether oxygens (including phenoxy) is 3. The zero-order valence-corrected chi connectivity index (χ0v) is 21.2. The van der Waals surface area contributed by atoms with Crippen LogP contribution >= 0.6 is 0 Å². The van der Waals surface area contributed by atoms with Crippen molar-refractivity contribution in [3.63, 3.8) is 0 Å². The molecule has 3 rings (SSSR count). The van der Waals surface area contributed by atoms with Gasteiger partial charge in [-0.1, -0.05) is 18.2 Å². The number of hydrogen-bond donors (Lipinski definition) is 2. The van der Waals surface area contributed by atoms with E-state index in [0.717, 1.165) is 16.7 Å². The monoisotopic (exact) mass is 498 g/mol. The average Bonchev–Trinajstić information content (AvgIpc) is 2.84. The van der Waals surface area contributed by atoms with Gasteiger partial charge in [0.2, 0.25) is 0 Å². The summed E-state index contributed by atoms with van der Waals surface area (Å²) in [7, 11) is -0.652. The lowest BCUT2D eigenvalue weighted by atomic mass is 10.1. The van der Waals surface area contributed by atoms with Gasteiger partial charge in [-0.2, -0.15) is 0 Å². The van der Waals surface area contributed by atoms with Crippen molar-refractivity contribution in [2.24, 2.45) is 0 Å².